The van der Waals surface area contributed by atoms with E-state index in [9.17, 15) is 9.59 Å². The number of carboxylic acids is 1. The van der Waals surface area contributed by atoms with E-state index in [1.165, 1.54) is 0 Å². The standard InChI is InChI=1S/C8H14O2.C6H10O2/c1-4-5-6-10-8(9)7(2)3;1-3-4-5(2)6(7)8/h2,4-6H2,1,3H3;4H,3H2,1-2H3,(H,7,8). The van der Waals surface area contributed by atoms with Crippen molar-refractivity contribution >= 4 is 11.9 Å². The first kappa shape index (κ1) is 18.8. The fourth-order valence-corrected chi connectivity index (χ4v) is 0.826. The highest BCUT2D eigenvalue weighted by Gasteiger charge is 2.00. The summed E-state index contributed by atoms with van der Waals surface area (Å²) in [5.74, 6) is -1.11. The summed E-state index contributed by atoms with van der Waals surface area (Å²) in [7, 11) is 0. The van der Waals surface area contributed by atoms with E-state index in [1.54, 1.807) is 19.9 Å². The molecule has 0 amide bonds. The molecule has 4 nitrogen and oxygen atoms in total. The maximum absolute atomic E-state index is 10.7. The second-order valence-corrected chi connectivity index (χ2v) is 3.87. The number of unbranched alkanes of at least 4 members (excludes halogenated alkanes) is 1. The number of hydrogen-bond donors (Lipinski definition) is 1. The van der Waals surface area contributed by atoms with E-state index >= 15 is 0 Å². The minimum absolute atomic E-state index is 0.284. The van der Waals surface area contributed by atoms with Gasteiger partial charge in [-0.1, -0.05) is 32.9 Å². The van der Waals surface area contributed by atoms with Gasteiger partial charge in [-0.15, -0.1) is 0 Å². The molecular formula is C14H24O4. The van der Waals surface area contributed by atoms with Crippen molar-refractivity contribution in [2.45, 2.75) is 47.0 Å². The Bertz CT molecular complexity index is 303. The Morgan fingerprint density at radius 3 is 2.11 bits per heavy atom. The van der Waals surface area contributed by atoms with Gasteiger partial charge in [0.1, 0.15) is 0 Å². The number of ether oxygens (including phenoxy) is 1. The van der Waals surface area contributed by atoms with Crippen molar-refractivity contribution in [2.75, 3.05) is 6.61 Å². The summed E-state index contributed by atoms with van der Waals surface area (Å²) in [5, 5.41) is 8.24. The third kappa shape index (κ3) is 12.5. The second kappa shape index (κ2) is 11.9. The smallest absolute Gasteiger partial charge is 0.333 e. The van der Waals surface area contributed by atoms with Crippen LogP contribution in [0.15, 0.2) is 23.8 Å². The van der Waals surface area contributed by atoms with Gasteiger partial charge in [-0.3, -0.25) is 0 Å². The van der Waals surface area contributed by atoms with Crippen LogP contribution in [-0.4, -0.2) is 23.7 Å². The molecule has 0 bridgehead atoms. The summed E-state index contributed by atoms with van der Waals surface area (Å²) >= 11 is 0. The largest absolute Gasteiger partial charge is 0.478 e. The van der Waals surface area contributed by atoms with E-state index < -0.39 is 5.97 Å². The molecule has 0 aromatic carbocycles. The highest BCUT2D eigenvalue weighted by Crippen LogP contribution is 1.94. The molecule has 0 aliphatic rings. The number of aliphatic carboxylic acids is 1. The molecule has 18 heavy (non-hydrogen) atoms. The van der Waals surface area contributed by atoms with E-state index in [2.05, 4.69) is 13.5 Å². The van der Waals surface area contributed by atoms with Gasteiger partial charge in [0.15, 0.2) is 0 Å². The topological polar surface area (TPSA) is 63.6 Å². The number of allylic oxidation sites excluding steroid dienone is 1. The molecule has 104 valence electrons. The van der Waals surface area contributed by atoms with E-state index in [0.717, 1.165) is 19.3 Å². The highest BCUT2D eigenvalue weighted by molar-refractivity contribution is 5.86. The van der Waals surface area contributed by atoms with Gasteiger partial charge in [0.2, 0.25) is 0 Å². The number of carbonyl (C=O) groups excluding carboxylic acids is 1. The lowest BCUT2D eigenvalue weighted by Gasteiger charge is -2.01. The Labute approximate surface area is 109 Å². The molecule has 0 aliphatic carbocycles. The Kier molecular flexibility index (Phi) is 12.4. The molecule has 0 aromatic rings. The third-order valence-corrected chi connectivity index (χ3v) is 1.93. The predicted molar refractivity (Wildman–Crippen MR) is 72.4 cm³/mol. The second-order valence-electron chi connectivity index (χ2n) is 3.87. The highest BCUT2D eigenvalue weighted by atomic mass is 16.5. The summed E-state index contributed by atoms with van der Waals surface area (Å²) < 4.78 is 4.81. The lowest BCUT2D eigenvalue weighted by Crippen LogP contribution is -2.05. The average Bonchev–Trinajstić information content (AvgIpc) is 2.30. The van der Waals surface area contributed by atoms with Crippen LogP contribution in [-0.2, 0) is 14.3 Å². The quantitative estimate of drug-likeness (QED) is 0.450. The van der Waals surface area contributed by atoms with Crippen LogP contribution in [0.5, 0.6) is 0 Å². The first-order valence-corrected chi connectivity index (χ1v) is 6.09. The number of rotatable bonds is 6. The normalized spacial score (nSPS) is 10.1. The zero-order chi connectivity index (χ0) is 14.6. The fourth-order valence-electron chi connectivity index (χ4n) is 0.826. The van der Waals surface area contributed by atoms with E-state index in [4.69, 9.17) is 9.84 Å². The van der Waals surface area contributed by atoms with Gasteiger partial charge >= 0.3 is 11.9 Å². The van der Waals surface area contributed by atoms with Crippen molar-refractivity contribution in [3.05, 3.63) is 23.8 Å². The van der Waals surface area contributed by atoms with Crippen LogP contribution in [0.2, 0.25) is 0 Å². The minimum atomic E-state index is -0.827. The first-order chi connectivity index (χ1) is 8.36. The molecule has 4 heteroatoms. The lowest BCUT2D eigenvalue weighted by atomic mass is 10.2. The van der Waals surface area contributed by atoms with Crippen LogP contribution in [0.4, 0.5) is 0 Å². The maximum atomic E-state index is 10.7. The van der Waals surface area contributed by atoms with Gasteiger partial charge in [0.25, 0.3) is 0 Å². The molecule has 0 atom stereocenters. The lowest BCUT2D eigenvalue weighted by molar-refractivity contribution is -0.139. The first-order valence-electron chi connectivity index (χ1n) is 6.09. The zero-order valence-electron chi connectivity index (χ0n) is 11.8. The molecule has 0 rings (SSSR count). The number of esters is 1. The Hall–Kier alpha value is -1.58. The molecule has 0 spiro atoms. The molecular weight excluding hydrogens is 232 g/mol. The van der Waals surface area contributed by atoms with Crippen molar-refractivity contribution in [1.82, 2.24) is 0 Å². The fraction of sp³-hybridized carbons (Fsp3) is 0.571. The van der Waals surface area contributed by atoms with Gasteiger partial charge in [-0.05, 0) is 26.7 Å². The van der Waals surface area contributed by atoms with Crippen molar-refractivity contribution in [1.29, 1.82) is 0 Å². The molecule has 0 radical (unpaired) electrons. The zero-order valence-corrected chi connectivity index (χ0v) is 11.8. The molecule has 1 N–H and O–H groups in total. The Morgan fingerprint density at radius 1 is 1.28 bits per heavy atom. The number of carbonyl (C=O) groups is 2. The van der Waals surface area contributed by atoms with Gasteiger partial charge in [0, 0.05) is 11.1 Å². The summed E-state index contributed by atoms with van der Waals surface area (Å²) in [6.45, 7) is 11.2. The van der Waals surface area contributed by atoms with E-state index in [0.29, 0.717) is 17.8 Å². The SMILES string of the molecule is C=C(C)C(=O)OCCCC.CCC=C(C)C(=O)O. The monoisotopic (exact) mass is 256 g/mol. The maximum Gasteiger partial charge on any atom is 0.333 e. The van der Waals surface area contributed by atoms with Gasteiger partial charge < -0.3 is 9.84 Å². The summed E-state index contributed by atoms with van der Waals surface area (Å²) in [5.41, 5.74) is 0.892. The Balaban J connectivity index is 0. The van der Waals surface area contributed by atoms with Crippen LogP contribution < -0.4 is 0 Å². The van der Waals surface area contributed by atoms with Crippen molar-refractivity contribution in [3.63, 3.8) is 0 Å². The molecule has 0 unspecified atom stereocenters. The van der Waals surface area contributed by atoms with E-state index in [1.807, 2.05) is 6.92 Å². The van der Waals surface area contributed by atoms with E-state index in [-0.39, 0.29) is 5.97 Å². The molecule has 0 aliphatic heterocycles. The number of hydrogen-bond acceptors (Lipinski definition) is 3. The molecule has 0 saturated heterocycles. The minimum Gasteiger partial charge on any atom is -0.478 e. The van der Waals surface area contributed by atoms with Crippen LogP contribution in [0, 0.1) is 0 Å². The van der Waals surface area contributed by atoms with Crippen LogP contribution >= 0.6 is 0 Å². The predicted octanol–water partition coefficient (Wildman–Crippen LogP) is 3.33. The van der Waals surface area contributed by atoms with Crippen LogP contribution in [0.1, 0.15) is 47.0 Å². The van der Waals surface area contributed by atoms with Crippen molar-refractivity contribution in [3.8, 4) is 0 Å². The van der Waals surface area contributed by atoms with Crippen LogP contribution in [0.3, 0.4) is 0 Å². The van der Waals surface area contributed by atoms with Crippen LogP contribution in [0.25, 0.3) is 0 Å². The average molecular weight is 256 g/mol. The molecule has 0 fully saturated rings. The molecule has 0 saturated carbocycles. The van der Waals surface area contributed by atoms with Crippen molar-refractivity contribution < 1.29 is 19.4 Å². The van der Waals surface area contributed by atoms with Crippen molar-refractivity contribution in [2.24, 2.45) is 0 Å². The van der Waals surface area contributed by atoms with Gasteiger partial charge in [-0.2, -0.15) is 0 Å². The molecule has 0 aromatic heterocycles. The molecule has 0 heterocycles. The number of carboxylic acid groups (broad SMARTS) is 1. The Morgan fingerprint density at radius 2 is 1.83 bits per heavy atom. The summed E-state index contributed by atoms with van der Waals surface area (Å²) in [6.07, 6.45) is 4.45. The van der Waals surface area contributed by atoms with Gasteiger partial charge in [0.05, 0.1) is 6.61 Å². The van der Waals surface area contributed by atoms with Gasteiger partial charge in [-0.25, -0.2) is 9.59 Å². The third-order valence-electron chi connectivity index (χ3n) is 1.93. The summed E-state index contributed by atoms with van der Waals surface area (Å²) in [4.78, 5) is 20.7. The summed E-state index contributed by atoms with van der Waals surface area (Å²) in [6, 6.07) is 0.